The van der Waals surface area contributed by atoms with Crippen LogP contribution in [0.2, 0.25) is 0 Å². The van der Waals surface area contributed by atoms with Crippen molar-refractivity contribution in [1.82, 2.24) is 0 Å². The molecule has 0 aromatic carbocycles. The van der Waals surface area contributed by atoms with E-state index in [1.807, 2.05) is 6.08 Å². The maximum atomic E-state index is 5.34. The highest BCUT2D eigenvalue weighted by Crippen LogP contribution is 1.92. The Balaban J connectivity index is 3.03. The second-order valence-corrected chi connectivity index (χ2v) is 2.88. The number of hydrogen-bond donors (Lipinski definition) is 1. The van der Waals surface area contributed by atoms with Crippen molar-refractivity contribution in [2.45, 2.75) is 32.6 Å². The maximum absolute atomic E-state index is 5.34. The largest absolute Gasteiger partial charge is 0.381 e. The van der Waals surface area contributed by atoms with E-state index in [1.54, 1.807) is 0 Å². The Labute approximate surface area is 81.5 Å². The third-order valence-electron chi connectivity index (χ3n) is 1.57. The molecule has 0 saturated heterocycles. The number of nitrogens with two attached hydrogens (primary N) is 1. The van der Waals surface area contributed by atoms with Crippen LogP contribution in [-0.2, 0) is 4.74 Å². The van der Waals surface area contributed by atoms with Crippen LogP contribution in [0.3, 0.4) is 0 Å². The molecule has 0 aliphatic rings. The number of rotatable bonds is 8. The van der Waals surface area contributed by atoms with Crippen LogP contribution < -0.4 is 5.73 Å². The summed E-state index contributed by atoms with van der Waals surface area (Å²) in [6.45, 7) is 4.46. The average Bonchev–Trinajstić information content (AvgIpc) is 2.16. The van der Waals surface area contributed by atoms with Crippen molar-refractivity contribution in [2.24, 2.45) is 5.73 Å². The van der Waals surface area contributed by atoms with Gasteiger partial charge in [0.1, 0.15) is 0 Å². The highest BCUT2D eigenvalue weighted by atomic mass is 16.5. The quantitative estimate of drug-likeness (QED) is 0.463. The molecule has 0 rings (SSSR count). The molecular weight excluding hydrogens is 162 g/mol. The molecule has 76 valence electrons. The van der Waals surface area contributed by atoms with Gasteiger partial charge in [0.05, 0.1) is 0 Å². The summed E-state index contributed by atoms with van der Waals surface area (Å²) in [5.41, 5.74) is 8.44. The van der Waals surface area contributed by atoms with Gasteiger partial charge in [0.15, 0.2) is 0 Å². The zero-order chi connectivity index (χ0) is 9.78. The first-order valence-corrected chi connectivity index (χ1v) is 5.09. The fourth-order valence-electron chi connectivity index (χ4n) is 0.859. The lowest BCUT2D eigenvalue weighted by Gasteiger charge is -1.99. The molecule has 0 aliphatic carbocycles. The van der Waals surface area contributed by atoms with Gasteiger partial charge in [-0.1, -0.05) is 6.92 Å². The van der Waals surface area contributed by atoms with Gasteiger partial charge in [0.2, 0.25) is 0 Å². The van der Waals surface area contributed by atoms with Gasteiger partial charge in [0, 0.05) is 13.2 Å². The van der Waals surface area contributed by atoms with E-state index in [9.17, 15) is 0 Å². The highest BCUT2D eigenvalue weighted by molar-refractivity contribution is 4.83. The standard InChI is InChI=1S/C11H21NO/c1-2-3-4-5-6-7-10-13-11-8-9-12/h3,5H,2,6-12H2,1H3. The number of unbranched alkanes of at least 4 members (excludes halogenated alkanes) is 1. The summed E-state index contributed by atoms with van der Waals surface area (Å²) in [6.07, 6.45) is 8.26. The fourth-order valence-corrected chi connectivity index (χ4v) is 0.859. The lowest BCUT2D eigenvalue weighted by molar-refractivity contribution is 0.131. The summed E-state index contributed by atoms with van der Waals surface area (Å²) in [5, 5.41) is 0. The predicted molar refractivity (Wildman–Crippen MR) is 56.7 cm³/mol. The molecule has 13 heavy (non-hydrogen) atoms. The van der Waals surface area contributed by atoms with E-state index in [0.717, 1.165) is 45.4 Å². The summed E-state index contributed by atoms with van der Waals surface area (Å²) in [4.78, 5) is 0. The predicted octanol–water partition coefficient (Wildman–Crippen LogP) is 2.25. The number of hydrogen-bond acceptors (Lipinski definition) is 2. The van der Waals surface area contributed by atoms with Crippen molar-refractivity contribution < 1.29 is 4.74 Å². The number of allylic oxidation sites excluding steroid dienone is 1. The van der Waals surface area contributed by atoms with Gasteiger partial charge in [-0.05, 0) is 44.4 Å². The van der Waals surface area contributed by atoms with Crippen molar-refractivity contribution >= 4 is 0 Å². The molecule has 2 heteroatoms. The summed E-state index contributed by atoms with van der Waals surface area (Å²) in [7, 11) is 0. The van der Waals surface area contributed by atoms with Gasteiger partial charge >= 0.3 is 0 Å². The van der Waals surface area contributed by atoms with E-state index in [2.05, 4.69) is 18.7 Å². The Bertz CT molecular complexity index is 148. The van der Waals surface area contributed by atoms with Crippen LogP contribution in [-0.4, -0.2) is 19.8 Å². The molecule has 2 nitrogen and oxygen atoms in total. The van der Waals surface area contributed by atoms with Crippen LogP contribution in [0.4, 0.5) is 0 Å². The Morgan fingerprint density at radius 2 is 2.00 bits per heavy atom. The van der Waals surface area contributed by atoms with Crippen LogP contribution in [0.15, 0.2) is 17.9 Å². The van der Waals surface area contributed by atoms with Gasteiger partial charge in [0.25, 0.3) is 0 Å². The van der Waals surface area contributed by atoms with Crippen LogP contribution in [0, 0.1) is 0 Å². The van der Waals surface area contributed by atoms with Crippen LogP contribution >= 0.6 is 0 Å². The van der Waals surface area contributed by atoms with Gasteiger partial charge in [-0.25, -0.2) is 0 Å². The Hall–Kier alpha value is -0.560. The molecule has 2 N–H and O–H groups in total. The highest BCUT2D eigenvalue weighted by Gasteiger charge is 1.86. The first-order chi connectivity index (χ1) is 6.41. The summed E-state index contributed by atoms with van der Waals surface area (Å²) < 4.78 is 5.34. The van der Waals surface area contributed by atoms with Crippen molar-refractivity contribution in [2.75, 3.05) is 19.8 Å². The normalized spacial score (nSPS) is 9.38. The Morgan fingerprint density at radius 1 is 1.23 bits per heavy atom. The minimum absolute atomic E-state index is 0.721. The molecule has 0 atom stereocenters. The van der Waals surface area contributed by atoms with E-state index < -0.39 is 0 Å². The maximum Gasteiger partial charge on any atom is 0.0478 e. The Morgan fingerprint density at radius 3 is 2.69 bits per heavy atom. The first kappa shape index (κ1) is 12.4. The molecule has 0 aromatic heterocycles. The van der Waals surface area contributed by atoms with Crippen LogP contribution in [0.25, 0.3) is 0 Å². The van der Waals surface area contributed by atoms with Crippen LogP contribution in [0.1, 0.15) is 32.6 Å². The first-order valence-electron chi connectivity index (χ1n) is 5.09. The van der Waals surface area contributed by atoms with Gasteiger partial charge < -0.3 is 10.5 Å². The van der Waals surface area contributed by atoms with Gasteiger partial charge in [-0.15, -0.1) is 5.73 Å². The number of ether oxygens (including phenoxy) is 1. The molecule has 0 aromatic rings. The van der Waals surface area contributed by atoms with E-state index in [1.165, 1.54) is 0 Å². The zero-order valence-electron chi connectivity index (χ0n) is 8.59. The lowest BCUT2D eigenvalue weighted by Crippen LogP contribution is -2.04. The van der Waals surface area contributed by atoms with Crippen molar-refractivity contribution in [3.63, 3.8) is 0 Å². The molecule has 0 radical (unpaired) electrons. The molecule has 0 heterocycles. The smallest absolute Gasteiger partial charge is 0.0478 e. The second kappa shape index (κ2) is 11.4. The van der Waals surface area contributed by atoms with Crippen molar-refractivity contribution in [3.8, 4) is 0 Å². The molecule has 0 saturated carbocycles. The monoisotopic (exact) mass is 183 g/mol. The minimum atomic E-state index is 0.721. The molecule has 0 fully saturated rings. The lowest BCUT2D eigenvalue weighted by atomic mass is 10.3. The summed E-state index contributed by atoms with van der Waals surface area (Å²) in [5.74, 6) is 0. The molecule has 0 spiro atoms. The van der Waals surface area contributed by atoms with Crippen molar-refractivity contribution in [3.05, 3.63) is 17.9 Å². The fraction of sp³-hybridized carbons (Fsp3) is 0.727. The molecule has 0 bridgehead atoms. The minimum Gasteiger partial charge on any atom is -0.381 e. The van der Waals surface area contributed by atoms with E-state index in [4.69, 9.17) is 10.5 Å². The SMILES string of the molecule is CCC=C=CCCCOCCCN. The van der Waals surface area contributed by atoms with Gasteiger partial charge in [-0.3, -0.25) is 0 Å². The topological polar surface area (TPSA) is 35.2 Å². The van der Waals surface area contributed by atoms with Crippen LogP contribution in [0.5, 0.6) is 0 Å². The third-order valence-corrected chi connectivity index (χ3v) is 1.57. The van der Waals surface area contributed by atoms with E-state index >= 15 is 0 Å². The van der Waals surface area contributed by atoms with E-state index in [-0.39, 0.29) is 0 Å². The summed E-state index contributed by atoms with van der Waals surface area (Å²) in [6, 6.07) is 0. The molecular formula is C11H21NO. The van der Waals surface area contributed by atoms with Gasteiger partial charge in [-0.2, -0.15) is 0 Å². The van der Waals surface area contributed by atoms with Crippen molar-refractivity contribution in [1.29, 1.82) is 0 Å². The van der Waals surface area contributed by atoms with E-state index in [0.29, 0.717) is 0 Å². The summed E-state index contributed by atoms with van der Waals surface area (Å²) >= 11 is 0. The third kappa shape index (κ3) is 11.4. The molecule has 0 unspecified atom stereocenters. The Kier molecular flexibility index (Phi) is 10.9. The molecule has 0 amide bonds. The second-order valence-electron chi connectivity index (χ2n) is 2.88. The average molecular weight is 183 g/mol. The zero-order valence-corrected chi connectivity index (χ0v) is 8.59. The molecule has 0 aliphatic heterocycles.